The lowest BCUT2D eigenvalue weighted by Gasteiger charge is -2.37. The largest absolute Gasteiger partial charge is 0.480 e. The molecule has 1 heterocycles. The van der Waals surface area contributed by atoms with E-state index in [1.807, 2.05) is 0 Å². The summed E-state index contributed by atoms with van der Waals surface area (Å²) in [5.74, 6) is -4.60. The zero-order valence-electron chi connectivity index (χ0n) is 17.2. The van der Waals surface area contributed by atoms with E-state index in [9.17, 15) is 29.1 Å². The van der Waals surface area contributed by atoms with E-state index in [2.05, 4.69) is 0 Å². The van der Waals surface area contributed by atoms with Gasteiger partial charge in [-0.3, -0.25) is 29.1 Å². The summed E-state index contributed by atoms with van der Waals surface area (Å²) in [6, 6.07) is -0.905. The second kappa shape index (κ2) is 12.1. The predicted octanol–water partition coefficient (Wildman–Crippen LogP) is -2.86. The van der Waals surface area contributed by atoms with E-state index in [1.54, 1.807) is 4.90 Å². The van der Waals surface area contributed by atoms with E-state index in [0.29, 0.717) is 0 Å². The number of amides is 2. The third-order valence-corrected chi connectivity index (χ3v) is 5.14. The Balaban J connectivity index is 3.19. The lowest BCUT2D eigenvalue weighted by molar-refractivity contribution is -0.841. The van der Waals surface area contributed by atoms with Crippen molar-refractivity contribution in [3.05, 3.63) is 0 Å². The maximum Gasteiger partial charge on any atom is 0.414 e. The molecule has 0 aromatic heterocycles. The fraction of sp³-hybridized carbons (Fsp3) is 0.706. The van der Waals surface area contributed by atoms with Crippen molar-refractivity contribution in [2.45, 2.75) is 0 Å². The summed E-state index contributed by atoms with van der Waals surface area (Å²) >= 11 is 0. The highest BCUT2D eigenvalue weighted by molar-refractivity contribution is 5.73. The lowest BCUT2D eigenvalue weighted by Crippen LogP contribution is -2.63. The predicted molar refractivity (Wildman–Crippen MR) is 104 cm³/mol. The van der Waals surface area contributed by atoms with Gasteiger partial charge in [-0.2, -0.15) is 0 Å². The maximum atomic E-state index is 12.2. The molecule has 0 spiro atoms. The van der Waals surface area contributed by atoms with E-state index < -0.39 is 40.9 Å². The molecule has 0 unspecified atom stereocenters. The first-order valence-corrected chi connectivity index (χ1v) is 9.64. The normalized spacial score (nSPS) is 19.6. The summed E-state index contributed by atoms with van der Waals surface area (Å²) in [5, 5.41) is 36.8. The van der Waals surface area contributed by atoms with E-state index >= 15 is 0 Å². The molecular formula is C17H30N5O9+. The Labute approximate surface area is 178 Å². The molecule has 176 valence electrons. The van der Waals surface area contributed by atoms with Crippen molar-refractivity contribution in [2.75, 3.05) is 78.5 Å². The van der Waals surface area contributed by atoms with Gasteiger partial charge >= 0.3 is 29.9 Å². The summed E-state index contributed by atoms with van der Waals surface area (Å²) in [6.07, 6.45) is 0. The van der Waals surface area contributed by atoms with Gasteiger partial charge in [0, 0.05) is 39.3 Å². The number of nitrogens with zero attached hydrogens (tertiary/aromatic N) is 4. The van der Waals surface area contributed by atoms with Gasteiger partial charge in [0.15, 0.2) is 6.54 Å². The van der Waals surface area contributed by atoms with Crippen molar-refractivity contribution < 1.29 is 48.9 Å². The summed E-state index contributed by atoms with van der Waals surface area (Å²) in [7, 11) is 0. The number of carbonyl (C=O) groups is 5. The molecule has 0 aromatic rings. The molecule has 0 radical (unpaired) electrons. The number of carboxylic acid groups (broad SMARTS) is 4. The van der Waals surface area contributed by atoms with E-state index in [4.69, 9.17) is 21.1 Å². The molecule has 1 saturated heterocycles. The highest BCUT2D eigenvalue weighted by atomic mass is 16.4. The van der Waals surface area contributed by atoms with Crippen LogP contribution in [-0.2, 0) is 19.2 Å². The van der Waals surface area contributed by atoms with Crippen LogP contribution in [0.2, 0.25) is 0 Å². The molecule has 14 heteroatoms. The molecule has 1 aliphatic heterocycles. The molecule has 0 aromatic carbocycles. The number of primary amides is 1. The fourth-order valence-electron chi connectivity index (χ4n) is 3.44. The average Bonchev–Trinajstić information content (AvgIpc) is 2.62. The molecule has 0 saturated carbocycles. The van der Waals surface area contributed by atoms with Crippen LogP contribution in [-0.4, -0.2) is 148 Å². The number of quaternary nitrogens is 1. The van der Waals surface area contributed by atoms with Gasteiger partial charge in [-0.15, -0.1) is 0 Å². The second-order valence-electron chi connectivity index (χ2n) is 7.49. The Morgan fingerprint density at radius 1 is 0.613 bits per heavy atom. The molecule has 6 N–H and O–H groups in total. The average molecular weight is 448 g/mol. The quantitative estimate of drug-likeness (QED) is 0.238. The van der Waals surface area contributed by atoms with Gasteiger partial charge in [-0.1, -0.05) is 0 Å². The first kappa shape index (κ1) is 26.2. The fourth-order valence-corrected chi connectivity index (χ4v) is 3.44. The van der Waals surface area contributed by atoms with Crippen LogP contribution in [0.4, 0.5) is 4.79 Å². The number of hydrogen-bond donors (Lipinski definition) is 5. The molecule has 0 aliphatic carbocycles. The van der Waals surface area contributed by atoms with Crippen LogP contribution in [0.5, 0.6) is 0 Å². The highest BCUT2D eigenvalue weighted by Crippen LogP contribution is 2.10. The molecule has 1 rings (SSSR count). The van der Waals surface area contributed by atoms with Crippen LogP contribution >= 0.6 is 0 Å². The SMILES string of the molecule is NC(=O)[N+]1(CC(=O)O)CCN(CC(=O)O)CCN(CC(=O)O)CCN(CC(=O)O)CC1. The maximum absolute atomic E-state index is 12.2. The summed E-state index contributed by atoms with van der Waals surface area (Å²) in [6.45, 7) is -1.10. The van der Waals surface area contributed by atoms with Crippen molar-refractivity contribution >= 4 is 29.9 Å². The monoisotopic (exact) mass is 448 g/mol. The summed E-state index contributed by atoms with van der Waals surface area (Å²) < 4.78 is -0.666. The van der Waals surface area contributed by atoms with Gasteiger partial charge in [0.05, 0.1) is 19.6 Å². The van der Waals surface area contributed by atoms with Crippen molar-refractivity contribution in [1.82, 2.24) is 14.7 Å². The third kappa shape index (κ3) is 9.69. The minimum absolute atomic E-state index is 0.0301. The first-order valence-electron chi connectivity index (χ1n) is 9.64. The standard InChI is InChI=1S/C17H29N5O9/c18-17(31)22(12-16(29)30)7-5-20(10-14(25)26)3-1-19(9-13(23)24)2-4-21(6-8-22)11-15(27)28/h1-12H2,(H5-,18,23,24,25,26,27,28,29,30,31)/p+1. The second-order valence-corrected chi connectivity index (χ2v) is 7.49. The van der Waals surface area contributed by atoms with E-state index in [0.717, 1.165) is 0 Å². The number of carboxylic acids is 4. The molecule has 2 amide bonds. The van der Waals surface area contributed by atoms with Crippen LogP contribution < -0.4 is 5.73 Å². The van der Waals surface area contributed by atoms with Crippen molar-refractivity contribution in [1.29, 1.82) is 0 Å². The Kier molecular flexibility index (Phi) is 10.3. The molecule has 31 heavy (non-hydrogen) atoms. The Hall–Kier alpha value is -2.81. The number of nitrogens with two attached hydrogens (primary N) is 1. The minimum Gasteiger partial charge on any atom is -0.480 e. The van der Waals surface area contributed by atoms with Gasteiger partial charge in [-0.05, 0) is 0 Å². The van der Waals surface area contributed by atoms with Crippen LogP contribution in [0.25, 0.3) is 0 Å². The molecule has 0 bridgehead atoms. The summed E-state index contributed by atoms with van der Waals surface area (Å²) in [5.41, 5.74) is 5.53. The number of aliphatic carboxylic acids is 4. The Morgan fingerprint density at radius 3 is 1.19 bits per heavy atom. The van der Waals surface area contributed by atoms with Gasteiger partial charge in [0.25, 0.3) is 0 Å². The molecule has 0 atom stereocenters. The van der Waals surface area contributed by atoms with Crippen LogP contribution in [0.15, 0.2) is 0 Å². The van der Waals surface area contributed by atoms with Crippen molar-refractivity contribution in [3.63, 3.8) is 0 Å². The van der Waals surface area contributed by atoms with Gasteiger partial charge in [-0.25, -0.2) is 14.1 Å². The summed E-state index contributed by atoms with van der Waals surface area (Å²) in [4.78, 5) is 61.8. The van der Waals surface area contributed by atoms with Crippen molar-refractivity contribution in [3.8, 4) is 0 Å². The first-order chi connectivity index (χ1) is 14.4. The zero-order valence-corrected chi connectivity index (χ0v) is 17.2. The van der Waals surface area contributed by atoms with Crippen LogP contribution in [0.3, 0.4) is 0 Å². The number of hydrogen-bond acceptors (Lipinski definition) is 8. The molecule has 14 nitrogen and oxygen atoms in total. The van der Waals surface area contributed by atoms with Gasteiger partial charge < -0.3 is 26.2 Å². The van der Waals surface area contributed by atoms with E-state index in [1.165, 1.54) is 9.80 Å². The topological polar surface area (TPSA) is 202 Å². The molecule has 1 aliphatic rings. The lowest BCUT2D eigenvalue weighted by atomic mass is 10.2. The molecule has 1 fully saturated rings. The zero-order chi connectivity index (χ0) is 23.6. The highest BCUT2D eigenvalue weighted by Gasteiger charge is 2.38. The van der Waals surface area contributed by atoms with Crippen LogP contribution in [0, 0.1) is 0 Å². The third-order valence-electron chi connectivity index (χ3n) is 5.14. The number of carbonyl (C=O) groups excluding carboxylic acids is 1. The smallest absolute Gasteiger partial charge is 0.414 e. The van der Waals surface area contributed by atoms with Gasteiger partial charge in [0.2, 0.25) is 0 Å². The Bertz CT molecular complexity index is 655. The Morgan fingerprint density at radius 2 is 0.935 bits per heavy atom. The van der Waals surface area contributed by atoms with Gasteiger partial charge in [0.1, 0.15) is 13.1 Å². The number of urea groups is 1. The van der Waals surface area contributed by atoms with Crippen LogP contribution in [0.1, 0.15) is 0 Å². The van der Waals surface area contributed by atoms with E-state index in [-0.39, 0.29) is 72.0 Å². The van der Waals surface area contributed by atoms with Crippen molar-refractivity contribution in [2.24, 2.45) is 5.73 Å². The minimum atomic E-state index is -1.27. The number of rotatable bonds is 8. The molecular weight excluding hydrogens is 418 g/mol.